The van der Waals surface area contributed by atoms with Crippen molar-refractivity contribution in [3.63, 3.8) is 0 Å². The van der Waals surface area contributed by atoms with E-state index in [0.717, 1.165) is 17.7 Å². The van der Waals surface area contributed by atoms with Gasteiger partial charge in [-0.1, -0.05) is 22.9 Å². The fraction of sp³-hybridized carbons (Fsp3) is 0.125. The van der Waals surface area contributed by atoms with Gasteiger partial charge in [-0.05, 0) is 0 Å². The Morgan fingerprint density at radius 3 is 2.94 bits per heavy atom. The lowest BCUT2D eigenvalue weighted by atomic mass is 10.4. The Morgan fingerprint density at radius 2 is 2.33 bits per heavy atom. The molecule has 2 aromatic heterocycles. The van der Waals surface area contributed by atoms with Crippen molar-refractivity contribution < 1.29 is 4.92 Å². The van der Waals surface area contributed by atoms with E-state index in [2.05, 4.69) is 20.3 Å². The summed E-state index contributed by atoms with van der Waals surface area (Å²) in [6.07, 6.45) is 1.12. The Kier molecular flexibility index (Phi) is 3.53. The van der Waals surface area contributed by atoms with Crippen molar-refractivity contribution in [3.8, 4) is 0 Å². The molecule has 0 saturated carbocycles. The third kappa shape index (κ3) is 2.63. The molecule has 0 spiro atoms. The molecule has 0 aliphatic rings. The van der Waals surface area contributed by atoms with Gasteiger partial charge in [0.05, 0.1) is 11.5 Å². The van der Waals surface area contributed by atoms with Crippen molar-refractivity contribution in [1.82, 2.24) is 15.0 Å². The summed E-state index contributed by atoms with van der Waals surface area (Å²) in [6.45, 7) is 0.201. The summed E-state index contributed by atoms with van der Waals surface area (Å²) in [5.41, 5.74) is 0.214. The molecular weight excluding hydrogens is 282 g/mol. The van der Waals surface area contributed by atoms with Crippen molar-refractivity contribution in [2.75, 3.05) is 5.32 Å². The van der Waals surface area contributed by atoms with E-state index in [9.17, 15) is 14.9 Å². The van der Waals surface area contributed by atoms with Crippen LogP contribution < -0.4 is 10.2 Å². The maximum atomic E-state index is 10.9. The number of nitro groups is 1. The maximum Gasteiger partial charge on any atom is 0.348 e. The molecule has 10 heteroatoms. The molecule has 0 bridgehead atoms. The minimum absolute atomic E-state index is 0.00653. The highest BCUT2D eigenvalue weighted by Crippen LogP contribution is 2.28. The minimum Gasteiger partial charge on any atom is -0.359 e. The zero-order chi connectivity index (χ0) is 13.1. The van der Waals surface area contributed by atoms with E-state index in [1.807, 2.05) is 0 Å². The lowest BCUT2D eigenvalue weighted by molar-refractivity contribution is -0.384. The van der Waals surface area contributed by atoms with Crippen molar-refractivity contribution in [1.29, 1.82) is 0 Å². The Balaban J connectivity index is 2.21. The summed E-state index contributed by atoms with van der Waals surface area (Å²) in [7, 11) is 0. The number of H-pyrrole nitrogens is 1. The number of thiazole rings is 1. The van der Waals surface area contributed by atoms with Crippen molar-refractivity contribution in [2.45, 2.75) is 6.54 Å². The molecule has 0 amide bonds. The van der Waals surface area contributed by atoms with Crippen LogP contribution in [0.2, 0.25) is 5.15 Å². The maximum absolute atomic E-state index is 10.9. The van der Waals surface area contributed by atoms with Crippen LogP contribution in [0.1, 0.15) is 5.69 Å². The molecule has 0 fully saturated rings. The highest BCUT2D eigenvalue weighted by molar-refractivity contribution is 7.07. The van der Waals surface area contributed by atoms with Gasteiger partial charge in [0.25, 0.3) is 0 Å². The van der Waals surface area contributed by atoms with Crippen molar-refractivity contribution in [3.05, 3.63) is 42.3 Å². The van der Waals surface area contributed by atoms with Gasteiger partial charge in [-0.2, -0.15) is 0 Å². The number of aromatic nitrogens is 3. The first-order valence-electron chi connectivity index (χ1n) is 4.63. The van der Waals surface area contributed by atoms with Gasteiger partial charge in [0, 0.05) is 11.1 Å². The highest BCUT2D eigenvalue weighted by Gasteiger charge is 2.21. The van der Waals surface area contributed by atoms with Gasteiger partial charge in [0.2, 0.25) is 11.0 Å². The number of hydrogen-bond acceptors (Lipinski definition) is 7. The first kappa shape index (κ1) is 12.5. The standard InChI is InChI=1S/C8H6ClN5O3S/c9-6-5(14(16)17)7(12-3-11-6)10-1-4-2-18-8(15)13-4/h2-3H,1H2,(H,13,15)(H,10,11,12). The molecule has 2 N–H and O–H groups in total. The van der Waals surface area contributed by atoms with Gasteiger partial charge >= 0.3 is 10.6 Å². The summed E-state index contributed by atoms with van der Waals surface area (Å²) in [6, 6.07) is 0. The molecule has 0 radical (unpaired) electrons. The summed E-state index contributed by atoms with van der Waals surface area (Å²) in [4.78, 5) is 30.7. The summed E-state index contributed by atoms with van der Waals surface area (Å²) in [5, 5.41) is 14.9. The van der Waals surface area contributed by atoms with Crippen LogP contribution in [0, 0.1) is 10.1 Å². The Labute approximate surface area is 109 Å². The molecule has 0 aromatic carbocycles. The van der Waals surface area contributed by atoms with E-state index in [-0.39, 0.29) is 22.4 Å². The van der Waals surface area contributed by atoms with E-state index in [0.29, 0.717) is 5.69 Å². The van der Waals surface area contributed by atoms with Gasteiger partial charge in [0.1, 0.15) is 6.33 Å². The lowest BCUT2D eigenvalue weighted by Gasteiger charge is -2.04. The molecule has 8 nitrogen and oxygen atoms in total. The zero-order valence-electron chi connectivity index (χ0n) is 8.71. The number of halogens is 1. The monoisotopic (exact) mass is 287 g/mol. The van der Waals surface area contributed by atoms with Crippen LogP contribution in [0.4, 0.5) is 11.5 Å². The Hall–Kier alpha value is -2.00. The van der Waals surface area contributed by atoms with E-state index in [1.54, 1.807) is 5.38 Å². The van der Waals surface area contributed by atoms with E-state index in [1.165, 1.54) is 0 Å². The molecule has 0 saturated heterocycles. The summed E-state index contributed by atoms with van der Waals surface area (Å²) in [5.74, 6) is 0.00653. The molecule has 0 aliphatic heterocycles. The van der Waals surface area contributed by atoms with Crippen LogP contribution in [0.15, 0.2) is 16.5 Å². The third-order valence-corrected chi connectivity index (χ3v) is 2.97. The van der Waals surface area contributed by atoms with Gasteiger partial charge in [0.15, 0.2) is 0 Å². The lowest BCUT2D eigenvalue weighted by Crippen LogP contribution is -2.07. The number of anilines is 1. The van der Waals surface area contributed by atoms with Crippen LogP contribution in [0.3, 0.4) is 0 Å². The molecule has 0 atom stereocenters. The highest BCUT2D eigenvalue weighted by atomic mass is 35.5. The second-order valence-electron chi connectivity index (χ2n) is 3.15. The molecule has 94 valence electrons. The summed E-state index contributed by atoms with van der Waals surface area (Å²) < 4.78 is 0. The van der Waals surface area contributed by atoms with Crippen LogP contribution in [0.5, 0.6) is 0 Å². The van der Waals surface area contributed by atoms with Crippen LogP contribution in [-0.4, -0.2) is 19.9 Å². The SMILES string of the molecule is O=c1[nH]c(CNc2ncnc(Cl)c2[N+](=O)[O-])cs1. The van der Waals surface area contributed by atoms with Gasteiger partial charge in [-0.15, -0.1) is 0 Å². The largest absolute Gasteiger partial charge is 0.359 e. The average Bonchev–Trinajstić information content (AvgIpc) is 2.72. The normalized spacial score (nSPS) is 10.3. The number of aromatic amines is 1. The second-order valence-corrected chi connectivity index (χ2v) is 4.35. The van der Waals surface area contributed by atoms with Gasteiger partial charge < -0.3 is 10.3 Å². The molecule has 2 aromatic rings. The van der Waals surface area contributed by atoms with Gasteiger partial charge in [-0.25, -0.2) is 9.97 Å². The quantitative estimate of drug-likeness (QED) is 0.499. The molecular formula is C8H6ClN5O3S. The first-order valence-corrected chi connectivity index (χ1v) is 5.89. The molecule has 2 rings (SSSR count). The zero-order valence-corrected chi connectivity index (χ0v) is 10.3. The van der Waals surface area contributed by atoms with Crippen LogP contribution >= 0.6 is 22.9 Å². The summed E-state index contributed by atoms with van der Waals surface area (Å²) >= 11 is 6.63. The fourth-order valence-electron chi connectivity index (χ4n) is 1.23. The number of nitrogens with one attached hydrogen (secondary N) is 2. The molecule has 18 heavy (non-hydrogen) atoms. The third-order valence-electron chi connectivity index (χ3n) is 1.98. The first-order chi connectivity index (χ1) is 8.58. The van der Waals surface area contributed by atoms with Crippen molar-refractivity contribution >= 4 is 34.4 Å². The number of rotatable bonds is 4. The fourth-order valence-corrected chi connectivity index (χ4v) is 2.01. The van der Waals surface area contributed by atoms with Gasteiger partial charge in [-0.3, -0.25) is 14.9 Å². The predicted molar refractivity (Wildman–Crippen MR) is 66.0 cm³/mol. The van der Waals surface area contributed by atoms with Crippen molar-refractivity contribution in [2.24, 2.45) is 0 Å². The van der Waals surface area contributed by atoms with Crippen LogP contribution in [0.25, 0.3) is 0 Å². The topological polar surface area (TPSA) is 114 Å². The van der Waals surface area contributed by atoms with E-state index in [4.69, 9.17) is 11.6 Å². The molecule has 0 unspecified atom stereocenters. The average molecular weight is 288 g/mol. The second kappa shape index (κ2) is 5.10. The molecule has 2 heterocycles. The Bertz CT molecular complexity index is 640. The minimum atomic E-state index is -0.666. The molecule has 0 aliphatic carbocycles. The van der Waals surface area contributed by atoms with Crippen LogP contribution in [-0.2, 0) is 6.54 Å². The number of nitrogens with zero attached hydrogens (tertiary/aromatic N) is 3. The van der Waals surface area contributed by atoms with E-state index >= 15 is 0 Å². The Morgan fingerprint density at radius 1 is 1.56 bits per heavy atom. The van der Waals surface area contributed by atoms with E-state index < -0.39 is 10.6 Å². The smallest absolute Gasteiger partial charge is 0.348 e. The predicted octanol–water partition coefficient (Wildman–Crippen LogP) is 1.40. The number of hydrogen-bond donors (Lipinski definition) is 2.